The Labute approximate surface area is 164 Å². The third-order valence-corrected chi connectivity index (χ3v) is 5.02. The maximum absolute atomic E-state index is 12.6. The Morgan fingerprint density at radius 2 is 1.62 bits per heavy atom. The summed E-state index contributed by atoms with van der Waals surface area (Å²) < 4.78 is 103. The van der Waals surface area contributed by atoms with Crippen molar-refractivity contribution >= 4 is 16.0 Å². The predicted molar refractivity (Wildman–Crippen MR) is 92.8 cm³/mol. The number of fused-ring (bicyclic) bond motifs is 1. The molecule has 0 bridgehead atoms. The lowest BCUT2D eigenvalue weighted by atomic mass is 9.95. The number of hydrogen-bond acceptors (Lipinski definition) is 4. The molecule has 29 heavy (non-hydrogen) atoms. The zero-order valence-corrected chi connectivity index (χ0v) is 16.8. The molecule has 0 N–H and O–H groups in total. The summed E-state index contributed by atoms with van der Waals surface area (Å²) in [7, 11) is -5.88. The number of benzene rings is 1. The second kappa shape index (κ2) is 9.23. The highest BCUT2D eigenvalue weighted by atomic mass is 32.2. The topological polar surface area (TPSA) is 63.7 Å². The summed E-state index contributed by atoms with van der Waals surface area (Å²) in [6, 6.07) is 2.79. The van der Waals surface area contributed by atoms with Crippen LogP contribution < -0.4 is 4.18 Å². The summed E-state index contributed by atoms with van der Waals surface area (Å²) in [6.45, 7) is 4.79. The van der Waals surface area contributed by atoms with E-state index in [0.29, 0.717) is 10.5 Å². The van der Waals surface area contributed by atoms with Crippen LogP contribution in [0, 0.1) is 6.92 Å². The average Bonchev–Trinajstić information content (AvgIpc) is 2.58. The number of alkyl halides is 6. The van der Waals surface area contributed by atoms with E-state index < -0.39 is 33.5 Å². The van der Waals surface area contributed by atoms with Crippen LogP contribution in [0.25, 0.3) is 0 Å². The lowest BCUT2D eigenvalue weighted by Crippen LogP contribution is -2.43. The fraction of sp³-hybridized carbons (Fsp3) is 0.588. The number of carbonyl (C=O) groups is 1. The molecule has 0 aromatic heterocycles. The summed E-state index contributed by atoms with van der Waals surface area (Å²) in [5.74, 6) is -2.46. The van der Waals surface area contributed by atoms with E-state index in [-0.39, 0.29) is 43.5 Å². The summed E-state index contributed by atoms with van der Waals surface area (Å²) in [5, 5.41) is 0. The number of carbonyl (C=O) groups excluding carboxylic acids is 1. The molecule has 1 aliphatic rings. The fourth-order valence-electron chi connectivity index (χ4n) is 2.76. The van der Waals surface area contributed by atoms with Gasteiger partial charge in [-0.25, -0.2) is 0 Å². The number of rotatable bonds is 2. The van der Waals surface area contributed by atoms with Crippen LogP contribution in [-0.2, 0) is 27.8 Å². The van der Waals surface area contributed by atoms with Crippen molar-refractivity contribution in [1.82, 2.24) is 4.90 Å². The maximum atomic E-state index is 12.6. The van der Waals surface area contributed by atoms with Crippen LogP contribution in [0.5, 0.6) is 5.75 Å². The number of hydrogen-bond donors (Lipinski definition) is 0. The molecule has 0 spiro atoms. The molecule has 0 fully saturated rings. The van der Waals surface area contributed by atoms with Crippen molar-refractivity contribution in [2.75, 3.05) is 13.1 Å². The highest BCUT2D eigenvalue weighted by Crippen LogP contribution is 2.35. The molecule has 0 unspecified atom stereocenters. The highest BCUT2D eigenvalue weighted by molar-refractivity contribution is 7.88. The van der Waals surface area contributed by atoms with Crippen molar-refractivity contribution in [2.45, 2.75) is 51.7 Å². The first-order valence-electron chi connectivity index (χ1n) is 8.72. The fourth-order valence-corrected chi connectivity index (χ4v) is 3.31. The van der Waals surface area contributed by atoms with Crippen LogP contribution in [0.15, 0.2) is 12.1 Å². The Bertz CT molecular complexity index is 834. The van der Waals surface area contributed by atoms with Crippen molar-refractivity contribution < 1.29 is 43.7 Å². The van der Waals surface area contributed by atoms with Gasteiger partial charge in [0.25, 0.3) is 0 Å². The molecule has 0 atom stereocenters. The van der Waals surface area contributed by atoms with Gasteiger partial charge in [0.1, 0.15) is 5.75 Å². The number of halogens is 6. The molecular weight excluding hydrogens is 428 g/mol. The normalized spacial score (nSPS) is 15.4. The van der Waals surface area contributed by atoms with Crippen molar-refractivity contribution in [3.05, 3.63) is 28.8 Å². The first kappa shape index (κ1) is 25.1. The van der Waals surface area contributed by atoms with Gasteiger partial charge in [-0.05, 0) is 42.9 Å². The van der Waals surface area contributed by atoms with Crippen molar-refractivity contribution in [2.24, 2.45) is 0 Å². The summed E-state index contributed by atoms with van der Waals surface area (Å²) in [5.41, 5.74) is -4.96. The smallest absolute Gasteiger partial charge is 0.375 e. The molecule has 0 aliphatic carbocycles. The van der Waals surface area contributed by atoms with Gasteiger partial charge < -0.3 is 9.08 Å². The Morgan fingerprint density at radius 3 is 2.14 bits per heavy atom. The molecule has 166 valence electrons. The quantitative estimate of drug-likeness (QED) is 0.387. The monoisotopic (exact) mass is 449 g/mol. The van der Waals surface area contributed by atoms with Crippen molar-refractivity contribution in [1.29, 1.82) is 0 Å². The summed E-state index contributed by atoms with van der Waals surface area (Å²) in [6.07, 6.45) is -5.15. The molecule has 1 aromatic rings. The van der Waals surface area contributed by atoms with E-state index in [1.54, 1.807) is 0 Å². The minimum absolute atomic E-state index is 0.000693. The lowest BCUT2D eigenvalue weighted by Gasteiger charge is -2.27. The third-order valence-electron chi connectivity index (χ3n) is 4.07. The number of amides is 1. The zero-order valence-electron chi connectivity index (χ0n) is 15.9. The largest absolute Gasteiger partial charge is 0.534 e. The van der Waals surface area contributed by atoms with Crippen LogP contribution in [0.1, 0.15) is 37.0 Å². The molecular formula is C17H21F6NO4S. The van der Waals surface area contributed by atoms with Crippen molar-refractivity contribution in [3.63, 3.8) is 0 Å². The van der Waals surface area contributed by atoms with E-state index in [2.05, 4.69) is 4.18 Å². The van der Waals surface area contributed by atoms with Gasteiger partial charge in [0.05, 0.1) is 0 Å². The SMILES string of the molecule is CC.Cc1ccc2c(c1OS(=O)(=O)C(F)(F)F)CCCN(C(=O)C(F)(F)F)CC2. The Kier molecular flexibility index (Phi) is 7.97. The standard InChI is InChI=1S/C15H15F6NO4S.C2H6/c1-9-4-5-10-6-8-22(13(23)14(16,17)18)7-2-3-11(10)12(9)26-27(24,25)15(19,20)21;1-2/h4-5H,2-3,6-8H2,1H3;1-2H3. The second-order valence-electron chi connectivity index (χ2n) is 5.98. The minimum atomic E-state index is -5.88. The van der Waals surface area contributed by atoms with Gasteiger partial charge in [0.15, 0.2) is 0 Å². The second-order valence-corrected chi connectivity index (χ2v) is 7.51. The first-order chi connectivity index (χ1) is 13.2. The van der Waals surface area contributed by atoms with Gasteiger partial charge in [-0.15, -0.1) is 0 Å². The van der Waals surface area contributed by atoms with Crippen molar-refractivity contribution in [3.8, 4) is 5.75 Å². The molecule has 12 heteroatoms. The van der Waals surface area contributed by atoms with Crippen LogP contribution >= 0.6 is 0 Å². The van der Waals surface area contributed by atoms with Crippen LogP contribution in [0.4, 0.5) is 26.3 Å². The molecule has 0 saturated carbocycles. The molecule has 2 rings (SSSR count). The van der Waals surface area contributed by atoms with E-state index in [1.807, 2.05) is 13.8 Å². The first-order valence-corrected chi connectivity index (χ1v) is 10.1. The van der Waals surface area contributed by atoms with Gasteiger partial charge in [-0.2, -0.15) is 34.8 Å². The van der Waals surface area contributed by atoms with E-state index in [1.165, 1.54) is 19.1 Å². The predicted octanol–water partition coefficient (Wildman–Crippen LogP) is 4.13. The Balaban J connectivity index is 0.00000204. The third kappa shape index (κ3) is 6.00. The highest BCUT2D eigenvalue weighted by Gasteiger charge is 2.49. The van der Waals surface area contributed by atoms with E-state index >= 15 is 0 Å². The molecule has 0 radical (unpaired) electrons. The molecule has 1 heterocycles. The lowest BCUT2D eigenvalue weighted by molar-refractivity contribution is -0.185. The summed E-state index contributed by atoms with van der Waals surface area (Å²) in [4.78, 5) is 12.0. The van der Waals surface area contributed by atoms with Gasteiger partial charge in [0, 0.05) is 13.1 Å². The summed E-state index contributed by atoms with van der Waals surface area (Å²) >= 11 is 0. The van der Waals surface area contributed by atoms with Gasteiger partial charge in [-0.1, -0.05) is 26.0 Å². The average molecular weight is 449 g/mol. The Morgan fingerprint density at radius 1 is 1.03 bits per heavy atom. The molecule has 1 aromatic carbocycles. The number of nitrogens with zero attached hydrogens (tertiary/aromatic N) is 1. The molecule has 5 nitrogen and oxygen atoms in total. The van der Waals surface area contributed by atoms with Gasteiger partial charge >= 0.3 is 27.7 Å². The van der Waals surface area contributed by atoms with E-state index in [9.17, 15) is 39.6 Å². The Hall–Kier alpha value is -1.98. The molecule has 0 saturated heterocycles. The van der Waals surface area contributed by atoms with Gasteiger partial charge in [0.2, 0.25) is 0 Å². The maximum Gasteiger partial charge on any atom is 0.534 e. The minimum Gasteiger partial charge on any atom is -0.375 e. The molecule has 1 aliphatic heterocycles. The van der Waals surface area contributed by atoms with E-state index in [4.69, 9.17) is 0 Å². The van der Waals surface area contributed by atoms with Crippen LogP contribution in [0.2, 0.25) is 0 Å². The number of aryl methyl sites for hydroxylation is 1. The molecule has 1 amide bonds. The van der Waals surface area contributed by atoms with Crippen LogP contribution in [-0.4, -0.2) is 44.0 Å². The van der Waals surface area contributed by atoms with Gasteiger partial charge in [-0.3, -0.25) is 4.79 Å². The van der Waals surface area contributed by atoms with Crippen LogP contribution in [0.3, 0.4) is 0 Å². The van der Waals surface area contributed by atoms with E-state index in [0.717, 1.165) is 0 Å². The zero-order chi connectivity index (χ0) is 22.6.